The molecule has 1 aromatic rings. The van der Waals surface area contributed by atoms with Crippen LogP contribution in [0.1, 0.15) is 31.2 Å². The molecule has 0 aromatic heterocycles. The normalized spacial score (nSPS) is 18.4. The molecule has 1 aliphatic carbocycles. The Morgan fingerprint density at radius 1 is 1.17 bits per heavy atom. The van der Waals surface area contributed by atoms with E-state index in [2.05, 4.69) is 27.2 Å². The lowest BCUT2D eigenvalue weighted by Crippen LogP contribution is -2.46. The number of quaternary nitrogens is 1. The van der Waals surface area contributed by atoms with E-state index >= 15 is 0 Å². The first-order valence-electron chi connectivity index (χ1n) is 6.48. The Hall–Kier alpha value is -0.930. The van der Waals surface area contributed by atoms with Crippen molar-refractivity contribution in [2.24, 2.45) is 0 Å². The van der Waals surface area contributed by atoms with E-state index in [4.69, 9.17) is 0 Å². The first-order chi connectivity index (χ1) is 7.91. The minimum absolute atomic E-state index is 0. The Balaban J connectivity index is 0.00000162. The van der Waals surface area contributed by atoms with Crippen LogP contribution in [0.5, 0.6) is 0 Å². The maximum atomic E-state index is 13.4. The highest BCUT2D eigenvalue weighted by molar-refractivity contribution is 5.27. The summed E-state index contributed by atoms with van der Waals surface area (Å²) in [6, 6.07) is 7.23. The lowest BCUT2D eigenvalue weighted by molar-refractivity contribution is -0.874. The maximum Gasteiger partial charge on any atom is 0.123 e. The van der Waals surface area contributed by atoms with Gasteiger partial charge < -0.3 is 10.6 Å². The molecule has 1 fully saturated rings. The van der Waals surface area contributed by atoms with Crippen molar-refractivity contribution in [1.29, 1.82) is 0 Å². The van der Waals surface area contributed by atoms with Gasteiger partial charge in [-0.3, -0.25) is 0 Å². The van der Waals surface area contributed by atoms with Crippen LogP contribution in [0.3, 0.4) is 0 Å². The van der Waals surface area contributed by atoms with Crippen LogP contribution in [0.15, 0.2) is 24.3 Å². The summed E-state index contributed by atoms with van der Waals surface area (Å²) in [6.45, 7) is 1.09. The van der Waals surface area contributed by atoms with E-state index in [0.717, 1.165) is 11.0 Å². The SMILES string of the molecule is C[N+](C)(C)CC1(c2cccc(F)c2)CCCC1.N. The third-order valence-electron chi connectivity index (χ3n) is 3.77. The summed E-state index contributed by atoms with van der Waals surface area (Å²) >= 11 is 0. The molecule has 0 unspecified atom stereocenters. The van der Waals surface area contributed by atoms with Crippen LogP contribution in [-0.2, 0) is 5.41 Å². The Labute approximate surface area is 110 Å². The molecule has 1 saturated carbocycles. The summed E-state index contributed by atoms with van der Waals surface area (Å²) < 4.78 is 14.4. The van der Waals surface area contributed by atoms with Gasteiger partial charge >= 0.3 is 0 Å². The second-order valence-corrected chi connectivity index (χ2v) is 6.45. The molecule has 0 saturated heterocycles. The van der Waals surface area contributed by atoms with Crippen molar-refractivity contribution >= 4 is 0 Å². The molecular formula is C15H26FN2+. The standard InChI is InChI=1S/C15H23FN.H3N/c1-17(2,3)12-15(9-4-5-10-15)13-7-6-8-14(16)11-13;/h6-8,11H,4-5,9-10,12H2,1-3H3;1H3/q+1;. The molecule has 0 bridgehead atoms. The summed E-state index contributed by atoms with van der Waals surface area (Å²) in [5.74, 6) is -0.102. The van der Waals surface area contributed by atoms with Gasteiger partial charge in [0.05, 0.1) is 27.7 Å². The van der Waals surface area contributed by atoms with Crippen molar-refractivity contribution in [3.63, 3.8) is 0 Å². The van der Waals surface area contributed by atoms with Crippen LogP contribution in [0.2, 0.25) is 0 Å². The number of hydrogen-bond acceptors (Lipinski definition) is 1. The van der Waals surface area contributed by atoms with E-state index in [1.807, 2.05) is 6.07 Å². The van der Waals surface area contributed by atoms with E-state index in [0.29, 0.717) is 0 Å². The summed E-state index contributed by atoms with van der Waals surface area (Å²) in [7, 11) is 6.66. The van der Waals surface area contributed by atoms with E-state index in [1.54, 1.807) is 6.07 Å². The Morgan fingerprint density at radius 2 is 1.78 bits per heavy atom. The Kier molecular flexibility index (Phi) is 4.51. The molecule has 3 heteroatoms. The highest BCUT2D eigenvalue weighted by Gasteiger charge is 2.40. The van der Waals surface area contributed by atoms with Gasteiger partial charge in [-0.2, -0.15) is 0 Å². The molecule has 18 heavy (non-hydrogen) atoms. The van der Waals surface area contributed by atoms with Crippen LogP contribution < -0.4 is 6.15 Å². The van der Waals surface area contributed by atoms with Gasteiger partial charge in [-0.1, -0.05) is 25.0 Å². The van der Waals surface area contributed by atoms with E-state index in [1.165, 1.54) is 37.3 Å². The molecule has 0 aliphatic heterocycles. The fourth-order valence-electron chi connectivity index (χ4n) is 3.32. The van der Waals surface area contributed by atoms with Gasteiger partial charge in [-0.15, -0.1) is 0 Å². The highest BCUT2D eigenvalue weighted by atomic mass is 19.1. The zero-order valence-corrected chi connectivity index (χ0v) is 11.9. The van der Waals surface area contributed by atoms with E-state index in [9.17, 15) is 4.39 Å². The lowest BCUT2D eigenvalue weighted by atomic mass is 9.78. The molecule has 0 radical (unpaired) electrons. The number of halogens is 1. The van der Waals surface area contributed by atoms with Crippen molar-refractivity contribution in [2.75, 3.05) is 27.7 Å². The van der Waals surface area contributed by atoms with Crippen molar-refractivity contribution in [3.05, 3.63) is 35.6 Å². The van der Waals surface area contributed by atoms with Crippen LogP contribution >= 0.6 is 0 Å². The van der Waals surface area contributed by atoms with Crippen molar-refractivity contribution < 1.29 is 8.87 Å². The molecule has 0 amide bonds. The van der Waals surface area contributed by atoms with Crippen LogP contribution in [0.25, 0.3) is 0 Å². The first kappa shape index (κ1) is 15.1. The van der Waals surface area contributed by atoms with Crippen LogP contribution in [0, 0.1) is 5.82 Å². The van der Waals surface area contributed by atoms with E-state index < -0.39 is 0 Å². The minimum Gasteiger partial charge on any atom is -0.344 e. The molecule has 1 aliphatic rings. The van der Waals surface area contributed by atoms with E-state index in [-0.39, 0.29) is 17.4 Å². The van der Waals surface area contributed by atoms with Crippen molar-refractivity contribution in [1.82, 2.24) is 6.15 Å². The van der Waals surface area contributed by atoms with Crippen LogP contribution in [0.4, 0.5) is 4.39 Å². The number of rotatable bonds is 3. The number of benzene rings is 1. The predicted octanol–water partition coefficient (Wildman–Crippen LogP) is 3.51. The van der Waals surface area contributed by atoms with Crippen LogP contribution in [-0.4, -0.2) is 32.2 Å². The van der Waals surface area contributed by atoms with Gasteiger partial charge in [-0.05, 0) is 30.5 Å². The van der Waals surface area contributed by atoms with Gasteiger partial charge in [0.15, 0.2) is 0 Å². The van der Waals surface area contributed by atoms with Crippen molar-refractivity contribution in [3.8, 4) is 0 Å². The minimum atomic E-state index is -0.102. The first-order valence-corrected chi connectivity index (χ1v) is 6.48. The summed E-state index contributed by atoms with van der Waals surface area (Å²) in [5, 5.41) is 0. The average molecular weight is 253 g/mol. The summed E-state index contributed by atoms with van der Waals surface area (Å²) in [5.41, 5.74) is 1.39. The van der Waals surface area contributed by atoms with Gasteiger partial charge in [0, 0.05) is 5.41 Å². The molecule has 102 valence electrons. The third-order valence-corrected chi connectivity index (χ3v) is 3.77. The lowest BCUT2D eigenvalue weighted by Gasteiger charge is -2.37. The van der Waals surface area contributed by atoms with Gasteiger partial charge in [0.25, 0.3) is 0 Å². The number of likely N-dealkylation sites (N-methyl/N-ethyl adjacent to an activating group) is 1. The fraction of sp³-hybridized carbons (Fsp3) is 0.600. The average Bonchev–Trinajstić information content (AvgIpc) is 2.65. The van der Waals surface area contributed by atoms with Crippen molar-refractivity contribution in [2.45, 2.75) is 31.1 Å². The predicted molar refractivity (Wildman–Crippen MR) is 74.5 cm³/mol. The monoisotopic (exact) mass is 253 g/mol. The molecule has 0 spiro atoms. The quantitative estimate of drug-likeness (QED) is 0.822. The zero-order valence-electron chi connectivity index (χ0n) is 11.9. The highest BCUT2D eigenvalue weighted by Crippen LogP contribution is 2.42. The smallest absolute Gasteiger partial charge is 0.123 e. The Bertz CT molecular complexity index is 390. The third kappa shape index (κ3) is 3.30. The number of hydrogen-bond donors (Lipinski definition) is 1. The molecule has 3 N–H and O–H groups in total. The second kappa shape index (κ2) is 5.37. The zero-order chi connectivity index (χ0) is 12.5. The fourth-order valence-corrected chi connectivity index (χ4v) is 3.32. The maximum absolute atomic E-state index is 13.4. The van der Waals surface area contributed by atoms with Gasteiger partial charge in [0.1, 0.15) is 5.82 Å². The molecule has 2 rings (SSSR count). The summed E-state index contributed by atoms with van der Waals surface area (Å²) in [4.78, 5) is 0. The molecule has 0 atom stereocenters. The number of nitrogens with zero attached hydrogens (tertiary/aromatic N) is 1. The topological polar surface area (TPSA) is 35.0 Å². The largest absolute Gasteiger partial charge is 0.344 e. The molecule has 0 heterocycles. The molecular weight excluding hydrogens is 227 g/mol. The van der Waals surface area contributed by atoms with Gasteiger partial charge in [-0.25, -0.2) is 4.39 Å². The summed E-state index contributed by atoms with van der Waals surface area (Å²) in [6.07, 6.45) is 4.95. The molecule has 2 nitrogen and oxygen atoms in total. The molecule has 1 aromatic carbocycles. The van der Waals surface area contributed by atoms with Gasteiger partial charge in [0.2, 0.25) is 0 Å². The second-order valence-electron chi connectivity index (χ2n) is 6.45. The Morgan fingerprint density at radius 3 is 2.28 bits per heavy atom.